The second-order valence-electron chi connectivity index (χ2n) is 9.19. The molecule has 1 aliphatic carbocycles. The second-order valence-corrected chi connectivity index (χ2v) is 9.19. The molecule has 2 aliphatic rings. The molecule has 0 bridgehead atoms. The van der Waals surface area contributed by atoms with Crippen molar-refractivity contribution < 1.29 is 32.7 Å². The van der Waals surface area contributed by atoms with Crippen LogP contribution in [-0.4, -0.2) is 36.9 Å². The molecule has 192 valence electrons. The zero-order chi connectivity index (χ0) is 25.8. The number of benzene rings is 2. The van der Waals surface area contributed by atoms with Crippen molar-refractivity contribution in [2.24, 2.45) is 0 Å². The van der Waals surface area contributed by atoms with E-state index in [1.165, 1.54) is 29.5 Å². The summed E-state index contributed by atoms with van der Waals surface area (Å²) in [6.45, 7) is -0.378. The quantitative estimate of drug-likeness (QED) is 0.446. The van der Waals surface area contributed by atoms with Crippen molar-refractivity contribution in [3.05, 3.63) is 77.5 Å². The number of ether oxygens (including phenoxy) is 2. The number of ketones is 1. The molecular weight excluding hydrogens is 479 g/mol. The van der Waals surface area contributed by atoms with Crippen molar-refractivity contribution in [1.29, 1.82) is 0 Å². The Hall–Kier alpha value is -4.14. The van der Waals surface area contributed by atoms with Gasteiger partial charge in [-0.3, -0.25) is 19.3 Å². The summed E-state index contributed by atoms with van der Waals surface area (Å²) < 4.78 is 30.1. The summed E-state index contributed by atoms with van der Waals surface area (Å²) in [6.07, 6.45) is 5.34. The van der Waals surface area contributed by atoms with E-state index in [1.807, 2.05) is 0 Å². The van der Waals surface area contributed by atoms with Crippen LogP contribution in [0.5, 0.6) is 11.5 Å². The molecule has 0 unspecified atom stereocenters. The number of amides is 2. The smallest absolute Gasteiger partial charge is 0.287 e. The van der Waals surface area contributed by atoms with E-state index in [9.17, 15) is 18.8 Å². The highest BCUT2D eigenvalue weighted by atomic mass is 19.1. The zero-order valence-corrected chi connectivity index (χ0v) is 20.2. The normalized spacial score (nSPS) is 15.6. The lowest BCUT2D eigenvalue weighted by Crippen LogP contribution is -2.38. The van der Waals surface area contributed by atoms with Crippen molar-refractivity contribution >= 4 is 23.3 Å². The van der Waals surface area contributed by atoms with E-state index >= 15 is 0 Å². The maximum Gasteiger partial charge on any atom is 0.287 e. The van der Waals surface area contributed by atoms with Crippen LogP contribution in [-0.2, 0) is 11.3 Å². The van der Waals surface area contributed by atoms with Gasteiger partial charge in [-0.15, -0.1) is 0 Å². The third-order valence-electron chi connectivity index (χ3n) is 6.53. The van der Waals surface area contributed by atoms with Gasteiger partial charge in [0.05, 0.1) is 12.2 Å². The number of anilines is 1. The highest BCUT2D eigenvalue weighted by molar-refractivity contribution is 6.02. The van der Waals surface area contributed by atoms with Crippen LogP contribution in [0.1, 0.15) is 58.8 Å². The Morgan fingerprint density at radius 3 is 2.70 bits per heavy atom. The molecule has 0 radical (unpaired) electrons. The Bertz CT molecular complexity index is 1310. The number of fused-ring (bicyclic) bond motifs is 1. The highest BCUT2D eigenvalue weighted by Crippen LogP contribution is 2.34. The van der Waals surface area contributed by atoms with E-state index < -0.39 is 5.82 Å². The Morgan fingerprint density at radius 1 is 1.05 bits per heavy atom. The van der Waals surface area contributed by atoms with Gasteiger partial charge in [0.2, 0.25) is 0 Å². The Morgan fingerprint density at radius 2 is 1.89 bits per heavy atom. The molecule has 2 aromatic carbocycles. The molecule has 1 saturated carbocycles. The van der Waals surface area contributed by atoms with E-state index in [-0.39, 0.29) is 54.9 Å². The largest absolute Gasteiger partial charge is 0.485 e. The first-order valence-electron chi connectivity index (χ1n) is 12.3. The van der Waals surface area contributed by atoms with Crippen LogP contribution < -0.4 is 19.7 Å². The average Bonchev–Trinajstić information content (AvgIpc) is 3.38. The predicted molar refractivity (Wildman–Crippen MR) is 132 cm³/mol. The number of rotatable bonds is 8. The summed E-state index contributed by atoms with van der Waals surface area (Å²) in [5.41, 5.74) is 0.725. The summed E-state index contributed by atoms with van der Waals surface area (Å²) in [5, 5.41) is 3.02. The topological polar surface area (TPSA) is 98.1 Å². The molecule has 1 N–H and O–H groups in total. The van der Waals surface area contributed by atoms with Crippen LogP contribution in [0.15, 0.2) is 59.0 Å². The molecule has 2 heterocycles. The first-order chi connectivity index (χ1) is 18.0. The van der Waals surface area contributed by atoms with E-state index in [4.69, 9.17) is 13.9 Å². The molecule has 37 heavy (non-hydrogen) atoms. The fourth-order valence-electron chi connectivity index (χ4n) is 4.58. The number of hydrogen-bond donors (Lipinski definition) is 1. The van der Waals surface area contributed by atoms with Crippen molar-refractivity contribution in [2.45, 2.75) is 44.7 Å². The maximum absolute atomic E-state index is 13.4. The number of halogens is 1. The molecule has 0 spiro atoms. The summed E-state index contributed by atoms with van der Waals surface area (Å²) in [5.74, 6) is -0.0595. The molecule has 0 saturated heterocycles. The standard InChI is InChI=1S/C28H27FN2O6/c29-19-5-4-8-21(14-19)35-16-24(32)18-9-11-25-23(13-18)31(27(33)17-36-25)15-22-10-12-26(37-22)28(34)30-20-6-2-1-3-7-20/h4-5,8-14,20H,1-3,6-7,15-17H2,(H,30,34). The van der Waals surface area contributed by atoms with Gasteiger partial charge in [0.1, 0.15) is 23.1 Å². The number of carbonyl (C=O) groups excluding carboxylic acids is 3. The molecule has 1 fully saturated rings. The lowest BCUT2D eigenvalue weighted by atomic mass is 9.95. The molecule has 3 aromatic rings. The van der Waals surface area contributed by atoms with Crippen LogP contribution in [0.2, 0.25) is 0 Å². The minimum absolute atomic E-state index is 0.0728. The molecule has 5 rings (SSSR count). The Labute approximate surface area is 213 Å². The molecule has 0 atom stereocenters. The zero-order valence-electron chi connectivity index (χ0n) is 20.2. The predicted octanol–water partition coefficient (Wildman–Crippen LogP) is 4.67. The Balaban J connectivity index is 1.28. The number of nitrogens with one attached hydrogen (secondary N) is 1. The first-order valence-corrected chi connectivity index (χ1v) is 12.3. The van der Waals surface area contributed by atoms with Crippen molar-refractivity contribution in [3.63, 3.8) is 0 Å². The lowest BCUT2D eigenvalue weighted by molar-refractivity contribution is -0.121. The number of carbonyl (C=O) groups is 3. The molecule has 1 aromatic heterocycles. The van der Waals surface area contributed by atoms with Gasteiger partial charge in [-0.1, -0.05) is 25.3 Å². The molecule has 1 aliphatic heterocycles. The average molecular weight is 507 g/mol. The monoisotopic (exact) mass is 506 g/mol. The van der Waals surface area contributed by atoms with E-state index in [1.54, 1.807) is 36.4 Å². The maximum atomic E-state index is 13.4. The van der Waals surface area contributed by atoms with Crippen LogP contribution in [0, 0.1) is 5.82 Å². The van der Waals surface area contributed by atoms with Gasteiger partial charge in [-0.05, 0) is 55.3 Å². The van der Waals surface area contributed by atoms with Gasteiger partial charge in [-0.25, -0.2) is 4.39 Å². The van der Waals surface area contributed by atoms with E-state index in [0.29, 0.717) is 22.8 Å². The third kappa shape index (κ3) is 5.82. The van der Waals surface area contributed by atoms with Gasteiger partial charge < -0.3 is 19.2 Å². The minimum Gasteiger partial charge on any atom is -0.485 e. The summed E-state index contributed by atoms with van der Waals surface area (Å²) >= 11 is 0. The fraction of sp³-hybridized carbons (Fsp3) is 0.321. The van der Waals surface area contributed by atoms with E-state index in [0.717, 1.165) is 25.7 Å². The second kappa shape index (κ2) is 10.9. The summed E-state index contributed by atoms with van der Waals surface area (Å²) in [7, 11) is 0. The Kier molecular flexibility index (Phi) is 7.20. The summed E-state index contributed by atoms with van der Waals surface area (Å²) in [4.78, 5) is 39.5. The van der Waals surface area contributed by atoms with Gasteiger partial charge >= 0.3 is 0 Å². The minimum atomic E-state index is -0.461. The van der Waals surface area contributed by atoms with Crippen LogP contribution in [0.3, 0.4) is 0 Å². The number of furan rings is 1. The van der Waals surface area contributed by atoms with E-state index in [2.05, 4.69) is 5.32 Å². The molecular formula is C28H27FN2O6. The van der Waals surface area contributed by atoms with Gasteiger partial charge in [0.15, 0.2) is 24.8 Å². The number of nitrogens with zero attached hydrogens (tertiary/aromatic N) is 1. The molecule has 8 nitrogen and oxygen atoms in total. The summed E-state index contributed by atoms with van der Waals surface area (Å²) in [6, 6.07) is 13.7. The molecule has 2 amide bonds. The van der Waals surface area contributed by atoms with Gasteiger partial charge in [-0.2, -0.15) is 0 Å². The van der Waals surface area contributed by atoms with Crippen LogP contribution in [0.4, 0.5) is 10.1 Å². The highest BCUT2D eigenvalue weighted by Gasteiger charge is 2.28. The number of hydrogen-bond acceptors (Lipinski definition) is 6. The third-order valence-corrected chi connectivity index (χ3v) is 6.53. The van der Waals surface area contributed by atoms with Gasteiger partial charge in [0.25, 0.3) is 11.8 Å². The van der Waals surface area contributed by atoms with Crippen LogP contribution in [0.25, 0.3) is 0 Å². The molecule has 9 heteroatoms. The SMILES string of the molecule is O=C(COc1cccc(F)c1)c1ccc2c(c1)N(Cc1ccc(C(=O)NC3CCCCC3)o1)C(=O)CO2. The number of Topliss-reactive ketones (excluding diaryl/α,β-unsaturated/α-hetero) is 1. The van der Waals surface area contributed by atoms with Crippen molar-refractivity contribution in [2.75, 3.05) is 18.1 Å². The first kappa shape index (κ1) is 24.5. The van der Waals surface area contributed by atoms with Crippen molar-refractivity contribution in [3.8, 4) is 11.5 Å². The lowest BCUT2D eigenvalue weighted by Gasteiger charge is -2.29. The van der Waals surface area contributed by atoms with Gasteiger partial charge in [0, 0.05) is 17.7 Å². The fourth-order valence-corrected chi connectivity index (χ4v) is 4.58. The van der Waals surface area contributed by atoms with Crippen molar-refractivity contribution in [1.82, 2.24) is 5.32 Å². The van der Waals surface area contributed by atoms with Crippen LogP contribution >= 0.6 is 0 Å².